The summed E-state index contributed by atoms with van der Waals surface area (Å²) in [4.78, 5) is 32.4. The Morgan fingerprint density at radius 3 is 2.49 bits per heavy atom. The lowest BCUT2D eigenvalue weighted by Crippen LogP contribution is -2.40. The molecule has 43 heavy (non-hydrogen) atoms. The maximum absolute atomic E-state index is 14.0. The van der Waals surface area contributed by atoms with Crippen molar-refractivity contribution in [1.82, 2.24) is 4.57 Å². The maximum Gasteiger partial charge on any atom is 0.338 e. The van der Waals surface area contributed by atoms with Crippen molar-refractivity contribution in [1.29, 1.82) is 0 Å². The monoisotopic (exact) mass is 662 g/mol. The van der Waals surface area contributed by atoms with Gasteiger partial charge in [0.25, 0.3) is 5.56 Å². The molecule has 1 aliphatic rings. The van der Waals surface area contributed by atoms with Crippen LogP contribution in [0.3, 0.4) is 0 Å². The molecule has 0 radical (unpaired) electrons. The van der Waals surface area contributed by atoms with Crippen molar-refractivity contribution in [2.75, 3.05) is 20.3 Å². The van der Waals surface area contributed by atoms with Gasteiger partial charge >= 0.3 is 5.97 Å². The molecule has 1 atom stereocenters. The highest BCUT2D eigenvalue weighted by molar-refractivity contribution is 9.10. The average molecular weight is 664 g/mol. The third kappa shape index (κ3) is 6.45. The van der Waals surface area contributed by atoms with Crippen molar-refractivity contribution in [2.45, 2.75) is 33.4 Å². The van der Waals surface area contributed by atoms with Crippen LogP contribution in [-0.2, 0) is 16.1 Å². The van der Waals surface area contributed by atoms with Gasteiger partial charge in [0.2, 0.25) is 0 Å². The van der Waals surface area contributed by atoms with E-state index in [2.05, 4.69) is 20.9 Å². The minimum absolute atomic E-state index is 0.199. The number of hydrogen-bond acceptors (Lipinski definition) is 8. The van der Waals surface area contributed by atoms with Crippen LogP contribution in [0.4, 0.5) is 0 Å². The number of nitrogens with zero attached hydrogens (tertiary/aromatic N) is 2. The summed E-state index contributed by atoms with van der Waals surface area (Å²) >= 11 is 4.70. The summed E-state index contributed by atoms with van der Waals surface area (Å²) < 4.78 is 26.0. The quantitative estimate of drug-likeness (QED) is 0.207. The number of para-hydroxylation sites is 1. The van der Waals surface area contributed by atoms with Gasteiger partial charge in [-0.1, -0.05) is 63.7 Å². The predicted octanol–water partition coefficient (Wildman–Crippen LogP) is 5.55. The summed E-state index contributed by atoms with van der Waals surface area (Å²) in [7, 11) is 1.58. The molecule has 5 rings (SSSR count). The highest BCUT2D eigenvalue weighted by atomic mass is 79.9. The number of thiazole rings is 1. The molecule has 1 aliphatic heterocycles. The van der Waals surface area contributed by atoms with E-state index in [-0.39, 0.29) is 12.2 Å². The average Bonchev–Trinajstić information content (AvgIpc) is 3.30. The zero-order valence-electron chi connectivity index (χ0n) is 24.3. The number of esters is 1. The standard InChI is InChI=1S/C33H31BrN2O6S/c1-5-40-25-10-8-7-9-24(25)30-29(32(38)41-6-2)20(3)35-33-36(30)31(37)28(43-33)18-22-13-16-26(27(17-22)39-4)42-19-21-11-14-23(34)15-12-21/h7-18,30H,5-6,19H2,1-4H3/b28-18-/t30-/m1/s1. The zero-order chi connectivity index (χ0) is 30.5. The molecule has 4 aromatic rings. The van der Waals surface area contributed by atoms with Crippen LogP contribution in [0.25, 0.3) is 6.08 Å². The molecular formula is C33H31BrN2O6S. The Kier molecular flexibility index (Phi) is 9.47. The Morgan fingerprint density at radius 2 is 1.77 bits per heavy atom. The van der Waals surface area contributed by atoms with E-state index in [4.69, 9.17) is 18.9 Å². The number of rotatable bonds is 10. The van der Waals surface area contributed by atoms with Gasteiger partial charge in [0, 0.05) is 10.0 Å². The number of hydrogen-bond donors (Lipinski definition) is 0. The normalized spacial score (nSPS) is 14.6. The first kappa shape index (κ1) is 30.3. The predicted molar refractivity (Wildman–Crippen MR) is 169 cm³/mol. The molecule has 3 aromatic carbocycles. The summed E-state index contributed by atoms with van der Waals surface area (Å²) in [6.07, 6.45) is 1.79. The second-order valence-corrected chi connectivity index (χ2v) is 11.5. The third-order valence-electron chi connectivity index (χ3n) is 6.82. The number of fused-ring (bicyclic) bond motifs is 1. The highest BCUT2D eigenvalue weighted by Crippen LogP contribution is 2.36. The van der Waals surface area contributed by atoms with E-state index in [0.29, 0.717) is 56.6 Å². The van der Waals surface area contributed by atoms with E-state index < -0.39 is 12.0 Å². The summed E-state index contributed by atoms with van der Waals surface area (Å²) in [5.74, 6) is 1.20. The first-order chi connectivity index (χ1) is 20.8. The highest BCUT2D eigenvalue weighted by Gasteiger charge is 2.35. The van der Waals surface area contributed by atoms with Crippen LogP contribution in [0.15, 0.2) is 92.3 Å². The van der Waals surface area contributed by atoms with Crippen LogP contribution in [0, 0.1) is 0 Å². The molecule has 222 valence electrons. The molecule has 1 aromatic heterocycles. The van der Waals surface area contributed by atoms with Gasteiger partial charge in [-0.05, 0) is 68.3 Å². The lowest BCUT2D eigenvalue weighted by Gasteiger charge is -2.26. The summed E-state index contributed by atoms with van der Waals surface area (Å²) in [6, 6.07) is 20.1. The zero-order valence-corrected chi connectivity index (χ0v) is 26.7. The van der Waals surface area contributed by atoms with Gasteiger partial charge in [-0.3, -0.25) is 9.36 Å². The lowest BCUT2D eigenvalue weighted by molar-refractivity contribution is -0.139. The summed E-state index contributed by atoms with van der Waals surface area (Å²) in [6.45, 7) is 6.41. The molecule has 0 bridgehead atoms. The van der Waals surface area contributed by atoms with Gasteiger partial charge in [-0.15, -0.1) is 0 Å². The molecule has 0 amide bonds. The SMILES string of the molecule is CCOC(=O)C1=C(C)N=c2s/c(=C\c3ccc(OCc4ccc(Br)cc4)c(OC)c3)c(=O)n2[C@@H]1c1ccccc1OCC. The van der Waals surface area contributed by atoms with Crippen molar-refractivity contribution in [2.24, 2.45) is 4.99 Å². The van der Waals surface area contributed by atoms with E-state index in [1.165, 1.54) is 11.3 Å². The van der Waals surface area contributed by atoms with Gasteiger partial charge < -0.3 is 18.9 Å². The van der Waals surface area contributed by atoms with Crippen LogP contribution in [0.5, 0.6) is 17.2 Å². The smallest absolute Gasteiger partial charge is 0.338 e. The van der Waals surface area contributed by atoms with Gasteiger partial charge in [0.15, 0.2) is 16.3 Å². The van der Waals surface area contributed by atoms with E-state index >= 15 is 0 Å². The fourth-order valence-corrected chi connectivity index (χ4v) is 6.18. The fraction of sp³-hybridized carbons (Fsp3) is 0.242. The topological polar surface area (TPSA) is 88.4 Å². The Labute approximate surface area is 261 Å². The van der Waals surface area contributed by atoms with Crippen molar-refractivity contribution in [3.63, 3.8) is 0 Å². The summed E-state index contributed by atoms with van der Waals surface area (Å²) in [5, 5.41) is 0. The second kappa shape index (κ2) is 13.4. The largest absolute Gasteiger partial charge is 0.494 e. The van der Waals surface area contributed by atoms with Crippen LogP contribution in [0.1, 0.15) is 43.5 Å². The minimum atomic E-state index is -0.760. The number of halogens is 1. The number of allylic oxidation sites excluding steroid dienone is 1. The van der Waals surface area contributed by atoms with Crippen molar-refractivity contribution in [3.8, 4) is 17.2 Å². The molecule has 10 heteroatoms. The molecular weight excluding hydrogens is 632 g/mol. The second-order valence-electron chi connectivity index (χ2n) is 9.60. The third-order valence-corrected chi connectivity index (χ3v) is 8.34. The van der Waals surface area contributed by atoms with Crippen molar-refractivity contribution in [3.05, 3.63) is 119 Å². The number of aromatic nitrogens is 1. The van der Waals surface area contributed by atoms with E-state index in [9.17, 15) is 9.59 Å². The van der Waals surface area contributed by atoms with E-state index in [0.717, 1.165) is 15.6 Å². The number of ether oxygens (including phenoxy) is 4. The Morgan fingerprint density at radius 1 is 1.00 bits per heavy atom. The number of benzene rings is 3. The van der Waals surface area contributed by atoms with E-state index in [1.807, 2.05) is 73.7 Å². The molecule has 0 saturated carbocycles. The Balaban J connectivity index is 1.56. The van der Waals surface area contributed by atoms with Crippen LogP contribution >= 0.6 is 27.3 Å². The fourth-order valence-electron chi connectivity index (χ4n) is 4.87. The van der Waals surface area contributed by atoms with E-state index in [1.54, 1.807) is 31.6 Å². The molecule has 0 aliphatic carbocycles. The first-order valence-corrected chi connectivity index (χ1v) is 15.4. The van der Waals surface area contributed by atoms with Crippen molar-refractivity contribution < 1.29 is 23.7 Å². The number of methoxy groups -OCH3 is 1. The molecule has 0 fully saturated rings. The Bertz CT molecular complexity index is 1860. The first-order valence-electron chi connectivity index (χ1n) is 13.8. The van der Waals surface area contributed by atoms with Gasteiger partial charge in [-0.25, -0.2) is 9.79 Å². The Hall–Kier alpha value is -4.15. The number of carbonyl (C=O) groups is 1. The molecule has 2 heterocycles. The molecule has 0 N–H and O–H groups in total. The van der Waals surface area contributed by atoms with Crippen molar-refractivity contribution >= 4 is 39.3 Å². The maximum atomic E-state index is 14.0. The van der Waals surface area contributed by atoms with Gasteiger partial charge in [0.1, 0.15) is 18.4 Å². The molecule has 8 nitrogen and oxygen atoms in total. The van der Waals surface area contributed by atoms with Crippen LogP contribution in [0.2, 0.25) is 0 Å². The molecule has 0 spiro atoms. The molecule has 0 saturated heterocycles. The van der Waals surface area contributed by atoms with Gasteiger partial charge in [0.05, 0.1) is 36.1 Å². The van der Waals surface area contributed by atoms with Crippen LogP contribution < -0.4 is 29.1 Å². The van der Waals surface area contributed by atoms with Gasteiger partial charge in [-0.2, -0.15) is 0 Å². The number of carbonyl (C=O) groups excluding carboxylic acids is 1. The van der Waals surface area contributed by atoms with Crippen LogP contribution in [-0.4, -0.2) is 30.9 Å². The summed E-state index contributed by atoms with van der Waals surface area (Å²) in [5.41, 5.74) is 2.99. The molecule has 0 unspecified atom stereocenters. The lowest BCUT2D eigenvalue weighted by atomic mass is 9.95. The minimum Gasteiger partial charge on any atom is -0.494 e.